The zero-order valence-electron chi connectivity index (χ0n) is 8.14. The van der Waals surface area contributed by atoms with Crippen molar-refractivity contribution in [2.75, 3.05) is 25.7 Å². The van der Waals surface area contributed by atoms with Crippen LogP contribution in [0.2, 0.25) is 0 Å². The number of ether oxygens (including phenoxy) is 1. The quantitative estimate of drug-likeness (QED) is 0.655. The van der Waals surface area contributed by atoms with Crippen molar-refractivity contribution in [1.29, 1.82) is 0 Å². The summed E-state index contributed by atoms with van der Waals surface area (Å²) in [5, 5.41) is 2.97. The van der Waals surface area contributed by atoms with Crippen LogP contribution in [0.4, 0.5) is 0 Å². The molecule has 12 heavy (non-hydrogen) atoms. The number of carbonyl (C=O) groups excluding carboxylic acids is 1. The topological polar surface area (TPSA) is 38.3 Å². The first kappa shape index (κ1) is 11.8. The molecular formula is C8H17NO2S. The van der Waals surface area contributed by atoms with Crippen LogP contribution in [0, 0.1) is 0 Å². The van der Waals surface area contributed by atoms with Crippen molar-refractivity contribution in [2.24, 2.45) is 0 Å². The van der Waals surface area contributed by atoms with Gasteiger partial charge in [-0.15, -0.1) is 0 Å². The molecular weight excluding hydrogens is 174 g/mol. The van der Waals surface area contributed by atoms with Crippen LogP contribution in [-0.2, 0) is 9.53 Å². The van der Waals surface area contributed by atoms with E-state index in [0.717, 1.165) is 11.5 Å². The summed E-state index contributed by atoms with van der Waals surface area (Å²) in [4.78, 5) is 11.3. The molecule has 0 fully saturated rings. The first-order chi connectivity index (χ1) is 5.60. The van der Waals surface area contributed by atoms with Crippen LogP contribution in [0.25, 0.3) is 0 Å². The molecule has 0 aliphatic carbocycles. The Kier molecular flexibility index (Phi) is 5.33. The lowest BCUT2D eigenvalue weighted by Crippen LogP contribution is -2.50. The van der Waals surface area contributed by atoms with Crippen LogP contribution in [0.1, 0.15) is 13.8 Å². The molecule has 0 rings (SSSR count). The second-order valence-electron chi connectivity index (χ2n) is 2.71. The molecule has 1 N–H and O–H groups in total. The van der Waals surface area contributed by atoms with E-state index >= 15 is 0 Å². The lowest BCUT2D eigenvalue weighted by molar-refractivity contribution is -0.146. The number of carbonyl (C=O) groups is 1. The molecule has 0 radical (unpaired) electrons. The molecule has 1 unspecified atom stereocenters. The van der Waals surface area contributed by atoms with E-state index in [4.69, 9.17) is 0 Å². The summed E-state index contributed by atoms with van der Waals surface area (Å²) >= 11 is 1.72. The Morgan fingerprint density at radius 1 is 1.67 bits per heavy atom. The van der Waals surface area contributed by atoms with E-state index in [2.05, 4.69) is 17.0 Å². The zero-order chi connectivity index (χ0) is 9.61. The van der Waals surface area contributed by atoms with Crippen molar-refractivity contribution in [3.05, 3.63) is 0 Å². The van der Waals surface area contributed by atoms with E-state index in [-0.39, 0.29) is 5.97 Å². The first-order valence-corrected chi connectivity index (χ1v) is 5.11. The monoisotopic (exact) mass is 191 g/mol. The third kappa shape index (κ3) is 3.03. The summed E-state index contributed by atoms with van der Waals surface area (Å²) in [5.74, 6) is 1.55. The van der Waals surface area contributed by atoms with Crippen molar-refractivity contribution in [2.45, 2.75) is 19.4 Å². The Morgan fingerprint density at radius 2 is 2.25 bits per heavy atom. The Morgan fingerprint density at radius 3 is 2.58 bits per heavy atom. The van der Waals surface area contributed by atoms with Crippen LogP contribution in [0.15, 0.2) is 0 Å². The molecule has 0 saturated heterocycles. The predicted octanol–water partition coefficient (Wildman–Crippen LogP) is 0.891. The predicted molar refractivity (Wildman–Crippen MR) is 52.5 cm³/mol. The number of methoxy groups -OCH3 is 1. The Bertz CT molecular complexity index is 152. The summed E-state index contributed by atoms with van der Waals surface area (Å²) in [6, 6.07) is 0. The second kappa shape index (κ2) is 5.43. The lowest BCUT2D eigenvalue weighted by atomic mass is 10.1. The highest BCUT2D eigenvalue weighted by atomic mass is 32.2. The average molecular weight is 191 g/mol. The van der Waals surface area contributed by atoms with Gasteiger partial charge in [-0.3, -0.25) is 4.79 Å². The number of esters is 1. The van der Waals surface area contributed by atoms with E-state index in [1.807, 2.05) is 6.92 Å². The minimum absolute atomic E-state index is 0.203. The minimum atomic E-state index is -0.546. The van der Waals surface area contributed by atoms with E-state index in [0.29, 0.717) is 0 Å². The van der Waals surface area contributed by atoms with Gasteiger partial charge in [0.25, 0.3) is 0 Å². The smallest absolute Gasteiger partial charge is 0.326 e. The van der Waals surface area contributed by atoms with Gasteiger partial charge in [0.1, 0.15) is 5.54 Å². The van der Waals surface area contributed by atoms with E-state index < -0.39 is 5.54 Å². The second-order valence-corrected chi connectivity index (χ2v) is 3.99. The van der Waals surface area contributed by atoms with E-state index in [1.54, 1.807) is 18.8 Å². The first-order valence-electron chi connectivity index (χ1n) is 3.95. The maximum absolute atomic E-state index is 11.3. The Hall–Kier alpha value is -0.220. The van der Waals surface area contributed by atoms with Gasteiger partial charge in [-0.25, -0.2) is 0 Å². The average Bonchev–Trinajstić information content (AvgIpc) is 2.12. The molecule has 0 aromatic rings. The highest BCUT2D eigenvalue weighted by Gasteiger charge is 2.31. The van der Waals surface area contributed by atoms with Gasteiger partial charge in [0.05, 0.1) is 7.11 Å². The maximum atomic E-state index is 11.3. The van der Waals surface area contributed by atoms with Gasteiger partial charge < -0.3 is 10.1 Å². The summed E-state index contributed by atoms with van der Waals surface area (Å²) in [6.07, 6.45) is 0. The number of rotatable bonds is 5. The summed E-state index contributed by atoms with van der Waals surface area (Å²) in [5.41, 5.74) is -0.546. The summed E-state index contributed by atoms with van der Waals surface area (Å²) < 4.78 is 4.69. The number of nitrogens with one attached hydrogen (secondary N) is 1. The third-order valence-corrected chi connectivity index (χ3v) is 2.97. The molecule has 0 aliphatic heterocycles. The summed E-state index contributed by atoms with van der Waals surface area (Å²) in [6.45, 7) is 3.92. The SMILES string of the molecule is CCSCC(C)(NC)C(=O)OC. The standard InChI is InChI=1S/C8H17NO2S/c1-5-12-6-8(2,9-3)7(10)11-4/h9H,5-6H2,1-4H3. The van der Waals surface area contributed by atoms with Crippen molar-refractivity contribution in [3.8, 4) is 0 Å². The molecule has 0 aliphatic rings. The van der Waals surface area contributed by atoms with Crippen LogP contribution in [0.3, 0.4) is 0 Å². The van der Waals surface area contributed by atoms with Crippen molar-refractivity contribution < 1.29 is 9.53 Å². The van der Waals surface area contributed by atoms with Gasteiger partial charge in [-0.2, -0.15) is 11.8 Å². The van der Waals surface area contributed by atoms with Gasteiger partial charge in [-0.1, -0.05) is 6.92 Å². The molecule has 0 bridgehead atoms. The van der Waals surface area contributed by atoms with Crippen molar-refractivity contribution >= 4 is 17.7 Å². The fraction of sp³-hybridized carbons (Fsp3) is 0.875. The molecule has 0 heterocycles. The third-order valence-electron chi connectivity index (χ3n) is 1.78. The van der Waals surface area contributed by atoms with E-state index in [1.165, 1.54) is 7.11 Å². The van der Waals surface area contributed by atoms with Gasteiger partial charge in [-0.05, 0) is 19.7 Å². The lowest BCUT2D eigenvalue weighted by Gasteiger charge is -2.25. The van der Waals surface area contributed by atoms with Crippen molar-refractivity contribution in [3.63, 3.8) is 0 Å². The van der Waals surface area contributed by atoms with E-state index in [9.17, 15) is 4.79 Å². The molecule has 1 atom stereocenters. The molecule has 3 nitrogen and oxygen atoms in total. The van der Waals surface area contributed by atoms with Gasteiger partial charge in [0.15, 0.2) is 0 Å². The normalized spacial score (nSPS) is 15.3. The number of likely N-dealkylation sites (N-methyl/N-ethyl adjacent to an activating group) is 1. The Labute approximate surface area is 78.2 Å². The number of thioether (sulfide) groups is 1. The zero-order valence-corrected chi connectivity index (χ0v) is 8.96. The number of hydrogen-bond acceptors (Lipinski definition) is 4. The maximum Gasteiger partial charge on any atom is 0.326 e. The van der Waals surface area contributed by atoms with Crippen LogP contribution < -0.4 is 5.32 Å². The van der Waals surface area contributed by atoms with Crippen LogP contribution >= 0.6 is 11.8 Å². The van der Waals surface area contributed by atoms with Gasteiger partial charge in [0.2, 0.25) is 0 Å². The minimum Gasteiger partial charge on any atom is -0.468 e. The number of hydrogen-bond donors (Lipinski definition) is 1. The molecule has 0 amide bonds. The van der Waals surface area contributed by atoms with Gasteiger partial charge in [0, 0.05) is 5.75 Å². The highest BCUT2D eigenvalue weighted by molar-refractivity contribution is 7.99. The molecule has 0 spiro atoms. The van der Waals surface area contributed by atoms with Crippen LogP contribution in [-0.4, -0.2) is 37.2 Å². The molecule has 72 valence electrons. The van der Waals surface area contributed by atoms with Crippen LogP contribution in [0.5, 0.6) is 0 Å². The fourth-order valence-electron chi connectivity index (χ4n) is 0.765. The highest BCUT2D eigenvalue weighted by Crippen LogP contribution is 2.13. The summed E-state index contributed by atoms with van der Waals surface area (Å²) in [7, 11) is 3.18. The van der Waals surface area contributed by atoms with Crippen molar-refractivity contribution in [1.82, 2.24) is 5.32 Å². The Balaban J connectivity index is 4.13. The molecule has 4 heteroatoms. The largest absolute Gasteiger partial charge is 0.468 e. The molecule has 0 aromatic carbocycles. The van der Waals surface area contributed by atoms with Gasteiger partial charge >= 0.3 is 5.97 Å². The molecule has 0 saturated carbocycles. The molecule has 0 aromatic heterocycles. The fourth-order valence-corrected chi connectivity index (χ4v) is 1.64.